The summed E-state index contributed by atoms with van der Waals surface area (Å²) in [5.74, 6) is 0. The van der Waals surface area contributed by atoms with Crippen molar-refractivity contribution in [3.63, 3.8) is 0 Å². The van der Waals surface area contributed by atoms with Gasteiger partial charge in [-0.25, -0.2) is 0 Å². The maximum atomic E-state index is 11.0. The number of benzene rings is 1. The summed E-state index contributed by atoms with van der Waals surface area (Å²) in [6, 6.07) is 8.50. The minimum Gasteiger partial charge on any atom is -0.354 e. The highest BCUT2D eigenvalue weighted by atomic mass is 32.2. The van der Waals surface area contributed by atoms with Crippen molar-refractivity contribution >= 4 is 23.1 Å². The lowest BCUT2D eigenvalue weighted by molar-refractivity contribution is -0.385. The SMILES string of the molecule is Cc1ccc([N+](=O)[O-])cc1C1(N)NC(c2cccnc2)=CS1. The Balaban J connectivity index is 1.94. The summed E-state index contributed by atoms with van der Waals surface area (Å²) in [4.78, 5) is 13.7. The van der Waals surface area contributed by atoms with Gasteiger partial charge in [0.25, 0.3) is 5.69 Å². The van der Waals surface area contributed by atoms with Crippen LogP contribution in [-0.4, -0.2) is 9.91 Å². The normalized spacial score (nSPS) is 20.4. The maximum Gasteiger partial charge on any atom is 0.269 e. The van der Waals surface area contributed by atoms with Gasteiger partial charge in [-0.05, 0) is 30.0 Å². The van der Waals surface area contributed by atoms with E-state index in [-0.39, 0.29) is 5.69 Å². The Hall–Kier alpha value is -2.38. The van der Waals surface area contributed by atoms with E-state index in [1.807, 2.05) is 24.5 Å². The summed E-state index contributed by atoms with van der Waals surface area (Å²) in [6.45, 7) is 1.89. The fourth-order valence-corrected chi connectivity index (χ4v) is 3.34. The van der Waals surface area contributed by atoms with Crippen molar-refractivity contribution < 1.29 is 4.92 Å². The fourth-order valence-electron chi connectivity index (χ4n) is 2.33. The number of nitro benzene ring substituents is 1. The average molecular weight is 314 g/mol. The zero-order valence-electron chi connectivity index (χ0n) is 11.8. The minimum atomic E-state index is -0.929. The van der Waals surface area contributed by atoms with Crippen LogP contribution in [-0.2, 0) is 4.99 Å². The highest BCUT2D eigenvalue weighted by Crippen LogP contribution is 2.41. The highest BCUT2D eigenvalue weighted by Gasteiger charge is 2.35. The first kappa shape index (κ1) is 14.6. The molecule has 1 aromatic heterocycles. The number of pyridine rings is 1. The molecule has 2 heterocycles. The number of nitro groups is 1. The Morgan fingerprint density at radius 2 is 2.23 bits per heavy atom. The van der Waals surface area contributed by atoms with Gasteiger partial charge in [-0.2, -0.15) is 0 Å². The molecule has 1 aromatic carbocycles. The first-order valence-electron chi connectivity index (χ1n) is 6.60. The summed E-state index contributed by atoms with van der Waals surface area (Å²) in [6.07, 6.45) is 3.44. The van der Waals surface area contributed by atoms with Crippen LogP contribution in [0.2, 0.25) is 0 Å². The fraction of sp³-hybridized carbons (Fsp3) is 0.133. The Bertz CT molecular complexity index is 763. The van der Waals surface area contributed by atoms with Gasteiger partial charge in [0.2, 0.25) is 0 Å². The van der Waals surface area contributed by atoms with E-state index in [1.165, 1.54) is 23.9 Å². The summed E-state index contributed by atoms with van der Waals surface area (Å²) in [5, 5.41) is 16.1. The molecule has 0 radical (unpaired) electrons. The largest absolute Gasteiger partial charge is 0.354 e. The minimum absolute atomic E-state index is 0.0302. The second kappa shape index (κ2) is 5.43. The van der Waals surface area contributed by atoms with Gasteiger partial charge in [0.15, 0.2) is 4.99 Å². The van der Waals surface area contributed by atoms with Crippen LogP contribution in [0.15, 0.2) is 48.1 Å². The Morgan fingerprint density at radius 3 is 2.91 bits per heavy atom. The molecule has 7 heteroatoms. The molecule has 3 rings (SSSR count). The lowest BCUT2D eigenvalue weighted by atomic mass is 10.0. The number of hydrogen-bond acceptors (Lipinski definition) is 6. The first-order chi connectivity index (χ1) is 10.5. The molecule has 0 aliphatic carbocycles. The standard InChI is InChI=1S/C15H14N4O2S/c1-10-4-5-12(19(20)21)7-13(10)15(16)18-14(9-22-15)11-3-2-6-17-8-11/h2-9,18H,16H2,1H3. The molecule has 0 saturated heterocycles. The van der Waals surface area contributed by atoms with Gasteiger partial charge in [0, 0.05) is 35.7 Å². The van der Waals surface area contributed by atoms with Gasteiger partial charge in [-0.3, -0.25) is 20.8 Å². The van der Waals surface area contributed by atoms with Crippen LogP contribution < -0.4 is 11.1 Å². The van der Waals surface area contributed by atoms with Crippen molar-refractivity contribution in [2.75, 3.05) is 0 Å². The lowest BCUT2D eigenvalue weighted by Gasteiger charge is -2.27. The number of non-ortho nitro benzene ring substituents is 1. The second-order valence-corrected chi connectivity index (χ2v) is 6.12. The van der Waals surface area contributed by atoms with E-state index in [1.54, 1.807) is 18.5 Å². The topological polar surface area (TPSA) is 94.1 Å². The van der Waals surface area contributed by atoms with Crippen molar-refractivity contribution in [1.29, 1.82) is 0 Å². The number of thioether (sulfide) groups is 1. The first-order valence-corrected chi connectivity index (χ1v) is 7.48. The number of rotatable bonds is 3. The Morgan fingerprint density at radius 1 is 1.41 bits per heavy atom. The van der Waals surface area contributed by atoms with E-state index in [0.29, 0.717) is 5.56 Å². The van der Waals surface area contributed by atoms with Crippen molar-refractivity contribution in [3.05, 3.63) is 74.9 Å². The van der Waals surface area contributed by atoms with E-state index < -0.39 is 9.92 Å². The van der Waals surface area contributed by atoms with Gasteiger partial charge in [0.05, 0.1) is 10.6 Å². The molecule has 0 spiro atoms. The number of nitrogens with zero attached hydrogens (tertiary/aromatic N) is 2. The molecule has 1 atom stereocenters. The molecule has 2 aromatic rings. The van der Waals surface area contributed by atoms with E-state index in [2.05, 4.69) is 10.3 Å². The van der Waals surface area contributed by atoms with E-state index in [9.17, 15) is 10.1 Å². The number of nitrogens with one attached hydrogen (secondary N) is 1. The third-order valence-corrected chi connectivity index (χ3v) is 4.53. The second-order valence-electron chi connectivity index (χ2n) is 5.01. The highest BCUT2D eigenvalue weighted by molar-refractivity contribution is 8.03. The molecule has 1 aliphatic rings. The molecular weight excluding hydrogens is 300 g/mol. The molecule has 0 saturated carbocycles. The van der Waals surface area contributed by atoms with Crippen LogP contribution in [0.3, 0.4) is 0 Å². The van der Waals surface area contributed by atoms with E-state index >= 15 is 0 Å². The van der Waals surface area contributed by atoms with Gasteiger partial charge in [-0.1, -0.05) is 17.8 Å². The lowest BCUT2D eigenvalue weighted by Crippen LogP contribution is -2.44. The Labute approximate surface area is 131 Å². The third kappa shape index (κ3) is 2.56. The zero-order chi connectivity index (χ0) is 15.7. The average Bonchev–Trinajstić information content (AvgIpc) is 2.92. The molecule has 0 bridgehead atoms. The van der Waals surface area contributed by atoms with E-state index in [0.717, 1.165) is 16.8 Å². The van der Waals surface area contributed by atoms with Crippen molar-refractivity contribution in [2.45, 2.75) is 11.9 Å². The number of aromatic nitrogens is 1. The van der Waals surface area contributed by atoms with E-state index in [4.69, 9.17) is 5.73 Å². The predicted molar refractivity (Wildman–Crippen MR) is 86.6 cm³/mol. The summed E-state index contributed by atoms with van der Waals surface area (Å²) < 4.78 is 0. The smallest absolute Gasteiger partial charge is 0.269 e. The van der Waals surface area contributed by atoms with Crippen LogP contribution in [0.5, 0.6) is 0 Å². The molecule has 1 aliphatic heterocycles. The van der Waals surface area contributed by atoms with Gasteiger partial charge in [0.1, 0.15) is 0 Å². The number of aryl methyl sites for hydroxylation is 1. The number of hydrogen-bond donors (Lipinski definition) is 2. The maximum absolute atomic E-state index is 11.0. The quantitative estimate of drug-likeness (QED) is 0.668. The van der Waals surface area contributed by atoms with Gasteiger partial charge < -0.3 is 5.32 Å². The molecule has 112 valence electrons. The van der Waals surface area contributed by atoms with Crippen LogP contribution in [0.1, 0.15) is 16.7 Å². The van der Waals surface area contributed by atoms with Crippen LogP contribution in [0, 0.1) is 17.0 Å². The molecule has 1 unspecified atom stereocenters. The van der Waals surface area contributed by atoms with Crippen LogP contribution in [0.4, 0.5) is 5.69 Å². The Kier molecular flexibility index (Phi) is 3.59. The monoisotopic (exact) mass is 314 g/mol. The van der Waals surface area contributed by atoms with Crippen molar-refractivity contribution in [3.8, 4) is 0 Å². The van der Waals surface area contributed by atoms with Gasteiger partial charge in [-0.15, -0.1) is 0 Å². The molecule has 0 fully saturated rings. The molecule has 0 amide bonds. The molecule has 22 heavy (non-hydrogen) atoms. The van der Waals surface area contributed by atoms with Crippen molar-refractivity contribution in [2.24, 2.45) is 5.73 Å². The predicted octanol–water partition coefficient (Wildman–Crippen LogP) is 2.70. The van der Waals surface area contributed by atoms with Gasteiger partial charge >= 0.3 is 0 Å². The molecule has 6 nitrogen and oxygen atoms in total. The van der Waals surface area contributed by atoms with Crippen LogP contribution >= 0.6 is 11.8 Å². The summed E-state index contributed by atoms with van der Waals surface area (Å²) in [7, 11) is 0. The van der Waals surface area contributed by atoms with Crippen molar-refractivity contribution in [1.82, 2.24) is 10.3 Å². The molecule has 3 N–H and O–H groups in total. The molecular formula is C15H14N4O2S. The van der Waals surface area contributed by atoms with Crippen LogP contribution in [0.25, 0.3) is 5.70 Å². The number of nitrogens with two attached hydrogens (primary N) is 1. The summed E-state index contributed by atoms with van der Waals surface area (Å²) >= 11 is 1.39. The zero-order valence-corrected chi connectivity index (χ0v) is 12.6. The summed E-state index contributed by atoms with van der Waals surface area (Å²) in [5.41, 5.74) is 9.83. The third-order valence-electron chi connectivity index (χ3n) is 3.49.